The molecule has 120 valence electrons. The van der Waals surface area contributed by atoms with Crippen LogP contribution in [0.3, 0.4) is 0 Å². The van der Waals surface area contributed by atoms with Gasteiger partial charge in [0.15, 0.2) is 0 Å². The van der Waals surface area contributed by atoms with Crippen LogP contribution in [0.5, 0.6) is 5.75 Å². The molecule has 1 saturated carbocycles. The van der Waals surface area contributed by atoms with Crippen molar-refractivity contribution in [2.24, 2.45) is 11.7 Å². The molecule has 2 aliphatic rings. The molecule has 3 unspecified atom stereocenters. The SMILES string of the molecule is NC1CCCC(C(=O)Nc2ccccc2OC2CCOC2)C1. The highest BCUT2D eigenvalue weighted by Crippen LogP contribution is 2.29. The van der Waals surface area contributed by atoms with Crippen molar-refractivity contribution in [3.8, 4) is 5.75 Å². The Labute approximate surface area is 131 Å². The molecule has 1 heterocycles. The highest BCUT2D eigenvalue weighted by molar-refractivity contribution is 5.94. The third-order valence-electron chi connectivity index (χ3n) is 4.41. The van der Waals surface area contributed by atoms with E-state index in [0.717, 1.165) is 44.4 Å². The van der Waals surface area contributed by atoms with Crippen LogP contribution >= 0.6 is 0 Å². The minimum absolute atomic E-state index is 0.00613. The second-order valence-electron chi connectivity index (χ2n) is 6.21. The van der Waals surface area contributed by atoms with Crippen molar-refractivity contribution in [3.05, 3.63) is 24.3 Å². The van der Waals surface area contributed by atoms with Gasteiger partial charge in [-0.15, -0.1) is 0 Å². The molecule has 0 bridgehead atoms. The molecule has 1 aromatic carbocycles. The Balaban J connectivity index is 1.64. The molecule has 0 radical (unpaired) electrons. The Morgan fingerprint density at radius 2 is 2.14 bits per heavy atom. The average molecular weight is 304 g/mol. The number of nitrogens with two attached hydrogens (primary N) is 1. The van der Waals surface area contributed by atoms with E-state index in [1.807, 2.05) is 24.3 Å². The van der Waals surface area contributed by atoms with Gasteiger partial charge >= 0.3 is 0 Å². The molecule has 22 heavy (non-hydrogen) atoms. The maximum absolute atomic E-state index is 12.5. The van der Waals surface area contributed by atoms with Gasteiger partial charge in [-0.05, 0) is 31.4 Å². The largest absolute Gasteiger partial charge is 0.486 e. The van der Waals surface area contributed by atoms with E-state index < -0.39 is 0 Å². The molecule has 5 nitrogen and oxygen atoms in total. The van der Waals surface area contributed by atoms with E-state index in [4.69, 9.17) is 15.2 Å². The number of hydrogen-bond donors (Lipinski definition) is 2. The molecule has 0 aromatic heterocycles. The average Bonchev–Trinajstić information content (AvgIpc) is 3.02. The molecule has 1 amide bonds. The van der Waals surface area contributed by atoms with E-state index >= 15 is 0 Å². The molecule has 1 saturated heterocycles. The minimum atomic E-state index is 0.00613. The number of carbonyl (C=O) groups excluding carboxylic acids is 1. The van der Waals surface area contributed by atoms with Gasteiger partial charge in [0.2, 0.25) is 5.91 Å². The lowest BCUT2D eigenvalue weighted by molar-refractivity contribution is -0.120. The summed E-state index contributed by atoms with van der Waals surface area (Å²) in [6.45, 7) is 1.35. The van der Waals surface area contributed by atoms with Gasteiger partial charge in [0.1, 0.15) is 11.9 Å². The topological polar surface area (TPSA) is 73.6 Å². The second kappa shape index (κ2) is 7.11. The third-order valence-corrected chi connectivity index (χ3v) is 4.41. The van der Waals surface area contributed by atoms with Gasteiger partial charge in [-0.1, -0.05) is 18.6 Å². The van der Waals surface area contributed by atoms with Crippen molar-refractivity contribution < 1.29 is 14.3 Å². The molecule has 2 fully saturated rings. The van der Waals surface area contributed by atoms with Gasteiger partial charge in [0, 0.05) is 18.4 Å². The Kier molecular flexibility index (Phi) is 4.95. The standard InChI is InChI=1S/C17H24N2O3/c18-13-5-3-4-12(10-13)17(20)19-15-6-1-2-7-16(15)22-14-8-9-21-11-14/h1-2,6-7,12-14H,3-5,8-11,18H2,(H,19,20). The molecule has 0 spiro atoms. The van der Waals surface area contributed by atoms with Crippen LogP contribution in [0.1, 0.15) is 32.1 Å². The van der Waals surface area contributed by atoms with Gasteiger partial charge in [-0.3, -0.25) is 4.79 Å². The molecule has 1 aliphatic heterocycles. The van der Waals surface area contributed by atoms with E-state index in [2.05, 4.69) is 5.32 Å². The number of nitrogens with one attached hydrogen (secondary N) is 1. The van der Waals surface area contributed by atoms with E-state index in [-0.39, 0.29) is 24.0 Å². The van der Waals surface area contributed by atoms with Crippen LogP contribution in [0, 0.1) is 5.92 Å². The predicted molar refractivity (Wildman–Crippen MR) is 84.9 cm³/mol. The lowest BCUT2D eigenvalue weighted by atomic mass is 9.85. The highest BCUT2D eigenvalue weighted by atomic mass is 16.5. The van der Waals surface area contributed by atoms with E-state index in [9.17, 15) is 4.79 Å². The van der Waals surface area contributed by atoms with Crippen molar-refractivity contribution in [2.45, 2.75) is 44.2 Å². The van der Waals surface area contributed by atoms with E-state index in [0.29, 0.717) is 12.4 Å². The molecule has 5 heteroatoms. The van der Waals surface area contributed by atoms with Crippen LogP contribution in [0.25, 0.3) is 0 Å². The summed E-state index contributed by atoms with van der Waals surface area (Å²) in [5.41, 5.74) is 6.71. The number of amides is 1. The smallest absolute Gasteiger partial charge is 0.227 e. The molecule has 3 rings (SSSR count). The number of hydrogen-bond acceptors (Lipinski definition) is 4. The zero-order valence-corrected chi connectivity index (χ0v) is 12.8. The first kappa shape index (κ1) is 15.3. The maximum Gasteiger partial charge on any atom is 0.227 e. The van der Waals surface area contributed by atoms with Crippen LogP contribution in [-0.2, 0) is 9.53 Å². The maximum atomic E-state index is 12.5. The van der Waals surface area contributed by atoms with E-state index in [1.165, 1.54) is 0 Å². The van der Waals surface area contributed by atoms with Crippen molar-refractivity contribution in [1.29, 1.82) is 0 Å². The minimum Gasteiger partial charge on any atom is -0.486 e. The summed E-state index contributed by atoms with van der Waals surface area (Å²) in [5.74, 6) is 0.770. The van der Waals surface area contributed by atoms with Gasteiger partial charge in [-0.2, -0.15) is 0 Å². The number of anilines is 1. The molecule has 3 atom stereocenters. The first-order chi connectivity index (χ1) is 10.7. The zero-order chi connectivity index (χ0) is 15.4. The van der Waals surface area contributed by atoms with Gasteiger partial charge in [0.25, 0.3) is 0 Å². The first-order valence-electron chi connectivity index (χ1n) is 8.12. The Morgan fingerprint density at radius 1 is 1.27 bits per heavy atom. The summed E-state index contributed by atoms with van der Waals surface area (Å²) in [6.07, 6.45) is 4.69. The number of carbonyl (C=O) groups is 1. The van der Waals surface area contributed by atoms with Crippen LogP contribution in [-0.4, -0.2) is 31.3 Å². The summed E-state index contributed by atoms with van der Waals surface area (Å²) < 4.78 is 11.3. The van der Waals surface area contributed by atoms with Crippen molar-refractivity contribution in [2.75, 3.05) is 18.5 Å². The Bertz CT molecular complexity index is 514. The summed E-state index contributed by atoms with van der Waals surface area (Å²) in [5, 5.41) is 3.01. The van der Waals surface area contributed by atoms with Crippen LogP contribution in [0.4, 0.5) is 5.69 Å². The monoisotopic (exact) mass is 304 g/mol. The lowest BCUT2D eigenvalue weighted by Gasteiger charge is -2.26. The Morgan fingerprint density at radius 3 is 2.91 bits per heavy atom. The molecule has 1 aromatic rings. The highest BCUT2D eigenvalue weighted by Gasteiger charge is 2.26. The second-order valence-corrected chi connectivity index (χ2v) is 6.21. The summed E-state index contributed by atoms with van der Waals surface area (Å²) >= 11 is 0. The molecular formula is C17H24N2O3. The number of para-hydroxylation sites is 2. The number of rotatable bonds is 4. The normalized spacial score (nSPS) is 28.3. The van der Waals surface area contributed by atoms with Crippen LogP contribution in [0.15, 0.2) is 24.3 Å². The first-order valence-corrected chi connectivity index (χ1v) is 8.12. The fourth-order valence-corrected chi connectivity index (χ4v) is 3.16. The summed E-state index contributed by atoms with van der Waals surface area (Å²) in [4.78, 5) is 12.5. The molecule has 1 aliphatic carbocycles. The zero-order valence-electron chi connectivity index (χ0n) is 12.8. The Hall–Kier alpha value is -1.59. The summed E-state index contributed by atoms with van der Waals surface area (Å²) in [7, 11) is 0. The molecular weight excluding hydrogens is 280 g/mol. The lowest BCUT2D eigenvalue weighted by Crippen LogP contribution is -2.34. The van der Waals surface area contributed by atoms with Crippen molar-refractivity contribution >= 4 is 11.6 Å². The van der Waals surface area contributed by atoms with Crippen molar-refractivity contribution in [3.63, 3.8) is 0 Å². The fourth-order valence-electron chi connectivity index (χ4n) is 3.16. The van der Waals surface area contributed by atoms with Crippen LogP contribution in [0.2, 0.25) is 0 Å². The van der Waals surface area contributed by atoms with Gasteiger partial charge in [-0.25, -0.2) is 0 Å². The fraction of sp³-hybridized carbons (Fsp3) is 0.588. The van der Waals surface area contributed by atoms with Crippen LogP contribution < -0.4 is 15.8 Å². The third kappa shape index (κ3) is 3.78. The predicted octanol–water partition coefficient (Wildman–Crippen LogP) is 2.31. The number of ether oxygens (including phenoxy) is 2. The van der Waals surface area contributed by atoms with E-state index in [1.54, 1.807) is 0 Å². The molecule has 3 N–H and O–H groups in total. The van der Waals surface area contributed by atoms with Gasteiger partial charge < -0.3 is 20.5 Å². The van der Waals surface area contributed by atoms with Gasteiger partial charge in [0.05, 0.1) is 18.9 Å². The van der Waals surface area contributed by atoms with Crippen molar-refractivity contribution in [1.82, 2.24) is 0 Å². The quantitative estimate of drug-likeness (QED) is 0.895. The number of benzene rings is 1. The summed E-state index contributed by atoms with van der Waals surface area (Å²) in [6, 6.07) is 7.73.